The summed E-state index contributed by atoms with van der Waals surface area (Å²) in [6.07, 6.45) is 73.6. The first-order valence-electron chi connectivity index (χ1n) is 27.4. The van der Waals surface area contributed by atoms with E-state index in [9.17, 15) is 14.4 Å². The van der Waals surface area contributed by atoms with Gasteiger partial charge in [0.15, 0.2) is 6.10 Å². The third-order valence-electron chi connectivity index (χ3n) is 11.2. The number of rotatable bonds is 48. The molecule has 0 radical (unpaired) electrons. The zero-order valence-electron chi connectivity index (χ0n) is 43.4. The number of allylic oxidation sites excluding steroid dienone is 18. The van der Waals surface area contributed by atoms with Gasteiger partial charge in [-0.05, 0) is 128 Å². The lowest BCUT2D eigenvalue weighted by Crippen LogP contribution is -2.30. The monoisotopic (exact) mass is 929 g/mol. The maximum atomic E-state index is 12.8. The van der Waals surface area contributed by atoms with Gasteiger partial charge in [0.2, 0.25) is 0 Å². The Balaban J connectivity index is 4.53. The minimum absolute atomic E-state index is 0.108. The van der Waals surface area contributed by atoms with Crippen LogP contribution in [0.2, 0.25) is 0 Å². The molecule has 0 saturated heterocycles. The maximum Gasteiger partial charge on any atom is 0.306 e. The molecule has 0 heterocycles. The number of hydrogen-bond donors (Lipinski definition) is 0. The summed E-state index contributed by atoms with van der Waals surface area (Å²) in [4.78, 5) is 38.1. The van der Waals surface area contributed by atoms with Crippen LogP contribution in [0.5, 0.6) is 0 Å². The molecule has 67 heavy (non-hydrogen) atoms. The molecule has 380 valence electrons. The second kappa shape index (κ2) is 54.7. The first-order chi connectivity index (χ1) is 33.0. The molecule has 0 amide bonds. The normalized spacial score (nSPS) is 12.9. The number of ether oxygens (including phenoxy) is 3. The van der Waals surface area contributed by atoms with E-state index in [1.165, 1.54) is 89.9 Å². The van der Waals surface area contributed by atoms with Crippen LogP contribution in [0.25, 0.3) is 0 Å². The molecule has 0 aliphatic heterocycles. The average molecular weight is 929 g/mol. The summed E-state index contributed by atoms with van der Waals surface area (Å²) in [5.74, 6) is -0.987. The number of carbonyl (C=O) groups is 3. The molecule has 6 nitrogen and oxygen atoms in total. The molecule has 0 N–H and O–H groups in total. The zero-order chi connectivity index (χ0) is 48.6. The largest absolute Gasteiger partial charge is 0.462 e. The highest BCUT2D eigenvalue weighted by molar-refractivity contribution is 5.71. The lowest BCUT2D eigenvalue weighted by Gasteiger charge is -2.18. The molecule has 0 aromatic heterocycles. The molecule has 1 atom stereocenters. The van der Waals surface area contributed by atoms with E-state index in [0.29, 0.717) is 19.3 Å². The molecular weight excluding hydrogens is 829 g/mol. The van der Waals surface area contributed by atoms with Crippen LogP contribution in [0, 0.1) is 0 Å². The quantitative estimate of drug-likeness (QED) is 0.0262. The summed E-state index contributed by atoms with van der Waals surface area (Å²) in [6, 6.07) is 0. The van der Waals surface area contributed by atoms with Crippen LogP contribution >= 0.6 is 0 Å². The molecular formula is C61H100O6. The van der Waals surface area contributed by atoms with Gasteiger partial charge in [-0.25, -0.2) is 0 Å². The first kappa shape index (κ1) is 63.1. The van der Waals surface area contributed by atoms with E-state index >= 15 is 0 Å². The van der Waals surface area contributed by atoms with Crippen LogP contribution in [0.15, 0.2) is 109 Å². The van der Waals surface area contributed by atoms with E-state index in [1.807, 2.05) is 0 Å². The highest BCUT2D eigenvalue weighted by atomic mass is 16.6. The predicted octanol–water partition coefficient (Wildman–Crippen LogP) is 18.3. The number of unbranched alkanes of at least 4 members (excludes halogenated alkanes) is 19. The predicted molar refractivity (Wildman–Crippen MR) is 288 cm³/mol. The molecule has 0 aromatic rings. The topological polar surface area (TPSA) is 78.9 Å². The number of carbonyl (C=O) groups excluding carboxylic acids is 3. The molecule has 0 rings (SSSR count). The molecule has 6 heteroatoms. The Hall–Kier alpha value is -3.93. The lowest BCUT2D eigenvalue weighted by atomic mass is 10.1. The van der Waals surface area contributed by atoms with Crippen molar-refractivity contribution in [3.05, 3.63) is 109 Å². The Kier molecular flexibility index (Phi) is 51.5. The van der Waals surface area contributed by atoms with E-state index in [0.717, 1.165) is 103 Å². The molecule has 0 aliphatic carbocycles. The van der Waals surface area contributed by atoms with Crippen LogP contribution in [-0.4, -0.2) is 37.2 Å². The Morgan fingerprint density at radius 3 is 1.00 bits per heavy atom. The van der Waals surface area contributed by atoms with E-state index in [2.05, 4.69) is 130 Å². The van der Waals surface area contributed by atoms with Crippen molar-refractivity contribution in [1.29, 1.82) is 0 Å². The first-order valence-corrected chi connectivity index (χ1v) is 27.4. The highest BCUT2D eigenvalue weighted by Crippen LogP contribution is 2.13. The standard InChI is InChI=1S/C61H100O6/c1-4-7-10-13-16-19-22-25-28-29-30-31-34-37-40-43-46-49-52-55-61(64)67-58(56-65-59(62)53-50-47-44-41-38-35-32-26-23-20-17-14-11-8-5-2)57-66-60(63)54-51-48-45-42-39-36-33-27-24-21-18-15-12-9-6-3/h7,10,16-17,19-21,24-26,28,30-32,37-38,40-41,58H,4-6,8-9,11-15,18,22-23,27,29,33-36,39,42-57H2,1-3H3/b10-7-,19-16-,20-17-,24-21-,28-25-,31-30-,32-26-,40-37-,41-38-/t58-/m1/s1. The van der Waals surface area contributed by atoms with Crippen LogP contribution < -0.4 is 0 Å². The fourth-order valence-corrected chi connectivity index (χ4v) is 7.12. The van der Waals surface area contributed by atoms with Crippen molar-refractivity contribution in [3.8, 4) is 0 Å². The molecule has 0 unspecified atom stereocenters. The summed E-state index contributed by atoms with van der Waals surface area (Å²) >= 11 is 0. The summed E-state index contributed by atoms with van der Waals surface area (Å²) in [5.41, 5.74) is 0. The molecule has 0 aromatic carbocycles. The van der Waals surface area contributed by atoms with Crippen LogP contribution in [0.3, 0.4) is 0 Å². The van der Waals surface area contributed by atoms with E-state index in [1.54, 1.807) is 0 Å². The molecule has 0 saturated carbocycles. The minimum atomic E-state index is -0.815. The lowest BCUT2D eigenvalue weighted by molar-refractivity contribution is -0.167. The highest BCUT2D eigenvalue weighted by Gasteiger charge is 2.19. The van der Waals surface area contributed by atoms with Crippen molar-refractivity contribution in [2.45, 2.75) is 245 Å². The van der Waals surface area contributed by atoms with Gasteiger partial charge in [-0.2, -0.15) is 0 Å². The second-order valence-electron chi connectivity index (χ2n) is 17.7. The van der Waals surface area contributed by atoms with E-state index in [4.69, 9.17) is 14.2 Å². The van der Waals surface area contributed by atoms with Gasteiger partial charge in [0.25, 0.3) is 0 Å². The van der Waals surface area contributed by atoms with Gasteiger partial charge in [-0.15, -0.1) is 0 Å². The van der Waals surface area contributed by atoms with Crippen molar-refractivity contribution in [2.24, 2.45) is 0 Å². The van der Waals surface area contributed by atoms with Crippen LogP contribution in [0.4, 0.5) is 0 Å². The maximum absolute atomic E-state index is 12.8. The SMILES string of the molecule is CC/C=C\C/C=C\C/C=C\C/C=C\C/C=C\CCCCCC(=O)O[C@H](COC(=O)CCCC/C=C\C/C=C\C/C=C\CCCCC)COC(=O)CCCCCCCCC/C=C\CCCCCC. The summed E-state index contributed by atoms with van der Waals surface area (Å²) in [6.45, 7) is 6.41. The van der Waals surface area contributed by atoms with Crippen molar-refractivity contribution in [1.82, 2.24) is 0 Å². The summed E-state index contributed by atoms with van der Waals surface area (Å²) in [7, 11) is 0. The average Bonchev–Trinajstić information content (AvgIpc) is 3.33. The van der Waals surface area contributed by atoms with Gasteiger partial charge in [0.1, 0.15) is 13.2 Å². The van der Waals surface area contributed by atoms with Crippen molar-refractivity contribution in [3.63, 3.8) is 0 Å². The van der Waals surface area contributed by atoms with Crippen LogP contribution in [-0.2, 0) is 28.6 Å². The van der Waals surface area contributed by atoms with Gasteiger partial charge in [0, 0.05) is 19.3 Å². The Morgan fingerprint density at radius 2 is 0.582 bits per heavy atom. The second-order valence-corrected chi connectivity index (χ2v) is 17.7. The smallest absolute Gasteiger partial charge is 0.306 e. The number of esters is 3. The Morgan fingerprint density at radius 1 is 0.313 bits per heavy atom. The van der Waals surface area contributed by atoms with Crippen LogP contribution in [0.1, 0.15) is 239 Å². The minimum Gasteiger partial charge on any atom is -0.462 e. The fraction of sp³-hybridized carbons (Fsp3) is 0.656. The van der Waals surface area contributed by atoms with Crippen molar-refractivity contribution < 1.29 is 28.6 Å². The Labute approximate surface area is 412 Å². The van der Waals surface area contributed by atoms with Crippen molar-refractivity contribution in [2.75, 3.05) is 13.2 Å². The van der Waals surface area contributed by atoms with Gasteiger partial charge < -0.3 is 14.2 Å². The van der Waals surface area contributed by atoms with Gasteiger partial charge in [-0.3, -0.25) is 14.4 Å². The molecule has 0 fully saturated rings. The van der Waals surface area contributed by atoms with Gasteiger partial charge in [-0.1, -0.05) is 201 Å². The van der Waals surface area contributed by atoms with Crippen molar-refractivity contribution >= 4 is 17.9 Å². The third kappa shape index (κ3) is 52.9. The Bertz CT molecular complexity index is 1390. The third-order valence-corrected chi connectivity index (χ3v) is 11.2. The van der Waals surface area contributed by atoms with Gasteiger partial charge >= 0.3 is 17.9 Å². The molecule has 0 aliphatic rings. The van der Waals surface area contributed by atoms with E-state index < -0.39 is 6.10 Å². The summed E-state index contributed by atoms with van der Waals surface area (Å²) < 4.78 is 16.8. The van der Waals surface area contributed by atoms with Gasteiger partial charge in [0.05, 0.1) is 0 Å². The fourth-order valence-electron chi connectivity index (χ4n) is 7.12. The molecule has 0 bridgehead atoms. The summed E-state index contributed by atoms with van der Waals surface area (Å²) in [5, 5.41) is 0. The van der Waals surface area contributed by atoms with E-state index in [-0.39, 0.29) is 37.5 Å². The zero-order valence-corrected chi connectivity index (χ0v) is 43.4. The molecule has 0 spiro atoms. The number of hydrogen-bond acceptors (Lipinski definition) is 6.